The molecule has 0 bridgehead atoms. The second-order valence-corrected chi connectivity index (χ2v) is 7.78. The maximum atomic E-state index is 5.64. The molecule has 0 aromatic heterocycles. The predicted octanol–water partition coefficient (Wildman–Crippen LogP) is 3.21. The molecule has 1 fully saturated rings. The minimum Gasteiger partial charge on any atom is -0.381 e. The molecule has 1 atom stereocenters. The molecule has 2 N–H and O–H groups in total. The maximum absolute atomic E-state index is 5.64. The van der Waals surface area contributed by atoms with Crippen LogP contribution in [-0.4, -0.2) is 70.5 Å². The smallest absolute Gasteiger partial charge is 0.191 e. The number of morpholine rings is 1. The van der Waals surface area contributed by atoms with Gasteiger partial charge in [-0.15, -0.1) is 24.0 Å². The van der Waals surface area contributed by atoms with Crippen LogP contribution in [0.15, 0.2) is 29.3 Å². The van der Waals surface area contributed by atoms with Crippen LogP contribution < -0.4 is 10.6 Å². The van der Waals surface area contributed by atoms with Crippen LogP contribution in [-0.2, 0) is 9.47 Å². The van der Waals surface area contributed by atoms with E-state index in [2.05, 4.69) is 65.6 Å². The van der Waals surface area contributed by atoms with E-state index in [-0.39, 0.29) is 24.0 Å². The van der Waals surface area contributed by atoms with E-state index in [0.29, 0.717) is 12.0 Å². The fraction of sp³-hybridized carbons (Fsp3) is 0.682. The van der Waals surface area contributed by atoms with Crippen LogP contribution in [0.4, 0.5) is 0 Å². The van der Waals surface area contributed by atoms with E-state index >= 15 is 0 Å². The first-order valence-corrected chi connectivity index (χ1v) is 10.5. The van der Waals surface area contributed by atoms with Gasteiger partial charge in [-0.1, -0.05) is 43.7 Å². The highest BCUT2D eigenvalue weighted by molar-refractivity contribution is 14.0. The van der Waals surface area contributed by atoms with Gasteiger partial charge in [-0.25, -0.2) is 0 Å². The molecular weight excluding hydrogens is 479 g/mol. The van der Waals surface area contributed by atoms with Gasteiger partial charge in [0.05, 0.1) is 19.3 Å². The Balaban J connectivity index is 0.00000420. The number of nitrogens with zero attached hydrogens (tertiary/aromatic N) is 2. The Morgan fingerprint density at radius 3 is 2.66 bits per heavy atom. The van der Waals surface area contributed by atoms with Crippen LogP contribution in [0.25, 0.3) is 0 Å². The van der Waals surface area contributed by atoms with Crippen LogP contribution in [0.5, 0.6) is 0 Å². The second-order valence-electron chi connectivity index (χ2n) is 7.78. The number of nitrogens with one attached hydrogen (secondary N) is 2. The van der Waals surface area contributed by atoms with Crippen molar-refractivity contribution in [3.63, 3.8) is 0 Å². The largest absolute Gasteiger partial charge is 0.381 e. The molecule has 1 aromatic carbocycles. The number of benzene rings is 1. The highest BCUT2D eigenvalue weighted by Crippen LogP contribution is 2.22. The number of ether oxygens (including phenoxy) is 2. The number of guanidine groups is 1. The number of rotatable bonds is 10. The highest BCUT2D eigenvalue weighted by atomic mass is 127. The summed E-state index contributed by atoms with van der Waals surface area (Å²) in [5.41, 5.74) is 2.63. The molecule has 0 aliphatic carbocycles. The normalized spacial score (nSPS) is 16.4. The summed E-state index contributed by atoms with van der Waals surface area (Å²) in [6.45, 7) is 13.3. The molecule has 0 spiro atoms. The third-order valence-corrected chi connectivity index (χ3v) is 4.81. The molecule has 1 heterocycles. The average molecular weight is 518 g/mol. The molecule has 6 nitrogen and oxygen atoms in total. The molecule has 7 heteroatoms. The van der Waals surface area contributed by atoms with E-state index in [9.17, 15) is 0 Å². The van der Waals surface area contributed by atoms with Crippen LogP contribution in [0.3, 0.4) is 0 Å². The Morgan fingerprint density at radius 1 is 1.24 bits per heavy atom. The Hall–Kier alpha value is -0.900. The molecule has 1 saturated heterocycles. The minimum atomic E-state index is 0. The Bertz CT molecular complexity index is 592. The number of aryl methyl sites for hydroxylation is 1. The molecule has 166 valence electrons. The van der Waals surface area contributed by atoms with Crippen LogP contribution in [0.1, 0.15) is 37.4 Å². The molecule has 1 aliphatic rings. The summed E-state index contributed by atoms with van der Waals surface area (Å²) in [5.74, 6) is 1.43. The first-order valence-electron chi connectivity index (χ1n) is 10.5. The average Bonchev–Trinajstić information content (AvgIpc) is 2.69. The summed E-state index contributed by atoms with van der Waals surface area (Å²) in [6, 6.07) is 9.09. The van der Waals surface area contributed by atoms with Crippen molar-refractivity contribution < 1.29 is 9.47 Å². The highest BCUT2D eigenvalue weighted by Gasteiger charge is 2.23. The van der Waals surface area contributed by atoms with E-state index in [0.717, 1.165) is 65.0 Å². The standard InChI is InChI=1S/C22H38N4O2.HI/c1-18(2)17-28-12-6-9-24-22(23-4)25-16-21(26-10-13-27-14-11-26)20-8-5-7-19(3)15-20;/h5,7-8,15,18,21H,6,9-14,16-17H2,1-4H3,(H2,23,24,25);1H. The monoisotopic (exact) mass is 518 g/mol. The maximum Gasteiger partial charge on any atom is 0.191 e. The number of halogens is 1. The number of hydrogen-bond acceptors (Lipinski definition) is 4. The van der Waals surface area contributed by atoms with Crippen molar-refractivity contribution in [2.75, 3.05) is 59.7 Å². The van der Waals surface area contributed by atoms with Crippen molar-refractivity contribution in [1.29, 1.82) is 0 Å². The summed E-state index contributed by atoms with van der Waals surface area (Å²) in [7, 11) is 1.82. The van der Waals surface area contributed by atoms with Gasteiger partial charge in [0.1, 0.15) is 0 Å². The molecule has 0 amide bonds. The van der Waals surface area contributed by atoms with Crippen molar-refractivity contribution in [3.05, 3.63) is 35.4 Å². The lowest BCUT2D eigenvalue weighted by atomic mass is 10.0. The van der Waals surface area contributed by atoms with Gasteiger partial charge in [0.15, 0.2) is 5.96 Å². The van der Waals surface area contributed by atoms with E-state index in [1.807, 2.05) is 7.05 Å². The third-order valence-electron chi connectivity index (χ3n) is 4.81. The first kappa shape index (κ1) is 26.1. The molecule has 0 radical (unpaired) electrons. The van der Waals surface area contributed by atoms with E-state index in [4.69, 9.17) is 9.47 Å². The van der Waals surface area contributed by atoms with Crippen molar-refractivity contribution >= 4 is 29.9 Å². The zero-order chi connectivity index (χ0) is 20.2. The molecule has 1 unspecified atom stereocenters. The summed E-state index contributed by atoms with van der Waals surface area (Å²) in [6.07, 6.45) is 0.970. The zero-order valence-electron chi connectivity index (χ0n) is 18.4. The van der Waals surface area contributed by atoms with Crippen molar-refractivity contribution in [1.82, 2.24) is 15.5 Å². The van der Waals surface area contributed by atoms with Gasteiger partial charge in [-0.05, 0) is 24.8 Å². The molecule has 1 aliphatic heterocycles. The zero-order valence-corrected chi connectivity index (χ0v) is 20.8. The van der Waals surface area contributed by atoms with Gasteiger partial charge in [-0.2, -0.15) is 0 Å². The first-order chi connectivity index (χ1) is 13.6. The summed E-state index contributed by atoms with van der Waals surface area (Å²) >= 11 is 0. The number of aliphatic imine (C=N–C) groups is 1. The van der Waals surface area contributed by atoms with Gasteiger partial charge in [0.25, 0.3) is 0 Å². The number of hydrogen-bond donors (Lipinski definition) is 2. The van der Waals surface area contributed by atoms with Crippen LogP contribution >= 0.6 is 24.0 Å². The lowest BCUT2D eigenvalue weighted by Crippen LogP contribution is -2.46. The van der Waals surface area contributed by atoms with Crippen LogP contribution in [0, 0.1) is 12.8 Å². The van der Waals surface area contributed by atoms with Crippen molar-refractivity contribution in [3.8, 4) is 0 Å². The lowest BCUT2D eigenvalue weighted by molar-refractivity contribution is 0.0170. The van der Waals surface area contributed by atoms with Gasteiger partial charge in [-0.3, -0.25) is 9.89 Å². The SMILES string of the molecule is CN=C(NCCCOCC(C)C)NCC(c1cccc(C)c1)N1CCOCC1.I. The van der Waals surface area contributed by atoms with Gasteiger partial charge in [0, 0.05) is 46.4 Å². The lowest BCUT2D eigenvalue weighted by Gasteiger charge is -2.35. The molecule has 1 aromatic rings. The fourth-order valence-electron chi connectivity index (χ4n) is 3.34. The van der Waals surface area contributed by atoms with E-state index in [1.54, 1.807) is 0 Å². The summed E-state index contributed by atoms with van der Waals surface area (Å²) < 4.78 is 11.2. The van der Waals surface area contributed by atoms with Gasteiger partial charge in [0.2, 0.25) is 0 Å². The summed E-state index contributed by atoms with van der Waals surface area (Å²) in [4.78, 5) is 6.87. The molecular formula is C22H39IN4O2. The van der Waals surface area contributed by atoms with Gasteiger partial charge >= 0.3 is 0 Å². The van der Waals surface area contributed by atoms with E-state index in [1.165, 1.54) is 11.1 Å². The third kappa shape index (κ3) is 10.1. The fourth-order valence-corrected chi connectivity index (χ4v) is 3.34. The van der Waals surface area contributed by atoms with Gasteiger partial charge < -0.3 is 20.1 Å². The topological polar surface area (TPSA) is 58.1 Å². The van der Waals surface area contributed by atoms with E-state index < -0.39 is 0 Å². The van der Waals surface area contributed by atoms with Crippen molar-refractivity contribution in [2.45, 2.75) is 33.2 Å². The Labute approximate surface area is 193 Å². The Morgan fingerprint density at radius 2 is 2.00 bits per heavy atom. The molecule has 2 rings (SSSR count). The quantitative estimate of drug-likeness (QED) is 0.216. The summed E-state index contributed by atoms with van der Waals surface area (Å²) in [5, 5.41) is 6.90. The van der Waals surface area contributed by atoms with Crippen LogP contribution in [0.2, 0.25) is 0 Å². The second kappa shape index (κ2) is 15.0. The Kier molecular flexibility index (Phi) is 13.5. The predicted molar refractivity (Wildman–Crippen MR) is 131 cm³/mol. The minimum absolute atomic E-state index is 0. The van der Waals surface area contributed by atoms with Crippen molar-refractivity contribution in [2.24, 2.45) is 10.9 Å². The molecule has 29 heavy (non-hydrogen) atoms. The molecule has 0 saturated carbocycles.